The van der Waals surface area contributed by atoms with Crippen LogP contribution in [0, 0.1) is 23.2 Å². The summed E-state index contributed by atoms with van der Waals surface area (Å²) in [6, 6.07) is 0. The molecule has 0 fully saturated rings. The summed E-state index contributed by atoms with van der Waals surface area (Å²) in [7, 11) is 0. The molecule has 3 nitrogen and oxygen atoms in total. The first-order valence-electron chi connectivity index (χ1n) is 12.0. The normalized spacial score (nSPS) is 24.2. The van der Waals surface area contributed by atoms with Crippen LogP contribution in [0.1, 0.15) is 112 Å². The fourth-order valence-electron chi connectivity index (χ4n) is 5.07. The van der Waals surface area contributed by atoms with Gasteiger partial charge in [-0.05, 0) is 30.1 Å². The molecular weight excluding hydrogens is 380 g/mol. The average Bonchev–Trinajstić information content (AvgIpc) is 2.61. The monoisotopic (exact) mass is 425 g/mol. The summed E-state index contributed by atoms with van der Waals surface area (Å²) >= 11 is -2.11. The number of rotatable bonds is 15. The standard InChI is InChI=1S/C25H46O3S/c1-6-7-8-9-10-11-12-13-14-17-23(29(27)28)21(3)19-22(26)24-20(2)16-15-18-25(24,4)5/h15-16,20-21,23-24H,6-14,17-19H2,1-5H3,(H,27,28)/p-1. The lowest BCUT2D eigenvalue weighted by atomic mass is 9.64. The molecule has 1 aliphatic rings. The molecule has 170 valence electrons. The van der Waals surface area contributed by atoms with Crippen molar-refractivity contribution in [2.45, 2.75) is 117 Å². The summed E-state index contributed by atoms with van der Waals surface area (Å²) in [6.45, 7) is 10.6. The Morgan fingerprint density at radius 1 is 1.10 bits per heavy atom. The third-order valence-corrected chi connectivity index (χ3v) is 7.99. The van der Waals surface area contributed by atoms with Gasteiger partial charge >= 0.3 is 0 Å². The first kappa shape index (κ1) is 26.6. The first-order valence-corrected chi connectivity index (χ1v) is 13.1. The van der Waals surface area contributed by atoms with E-state index in [4.69, 9.17) is 0 Å². The summed E-state index contributed by atoms with van der Waals surface area (Å²) in [5, 5.41) is -0.402. The largest absolute Gasteiger partial charge is 0.772 e. The Labute approximate surface area is 182 Å². The van der Waals surface area contributed by atoms with Gasteiger partial charge in [-0.2, -0.15) is 0 Å². The summed E-state index contributed by atoms with van der Waals surface area (Å²) in [6.07, 6.45) is 17.4. The second kappa shape index (κ2) is 13.7. The van der Waals surface area contributed by atoms with Gasteiger partial charge in [0.1, 0.15) is 5.78 Å². The van der Waals surface area contributed by atoms with Gasteiger partial charge in [-0.15, -0.1) is 0 Å². The number of hydrogen-bond acceptors (Lipinski definition) is 3. The van der Waals surface area contributed by atoms with Gasteiger partial charge in [0, 0.05) is 17.6 Å². The molecule has 0 heterocycles. The van der Waals surface area contributed by atoms with E-state index in [0.717, 1.165) is 19.3 Å². The Balaban J connectivity index is 2.42. The van der Waals surface area contributed by atoms with Crippen molar-refractivity contribution in [2.75, 3.05) is 0 Å². The van der Waals surface area contributed by atoms with Crippen LogP contribution in [0.15, 0.2) is 12.2 Å². The van der Waals surface area contributed by atoms with E-state index in [9.17, 15) is 13.6 Å². The van der Waals surface area contributed by atoms with Crippen LogP contribution in [-0.4, -0.2) is 19.8 Å². The van der Waals surface area contributed by atoms with E-state index in [1.54, 1.807) is 0 Å². The van der Waals surface area contributed by atoms with E-state index in [0.29, 0.717) is 12.8 Å². The molecular formula is C25H45O3S-. The number of hydrogen-bond donors (Lipinski definition) is 0. The average molecular weight is 426 g/mol. The van der Waals surface area contributed by atoms with Crippen LogP contribution in [0.2, 0.25) is 0 Å². The zero-order chi connectivity index (χ0) is 21.9. The highest BCUT2D eigenvalue weighted by molar-refractivity contribution is 7.79. The van der Waals surface area contributed by atoms with E-state index in [2.05, 4.69) is 39.8 Å². The van der Waals surface area contributed by atoms with Crippen molar-refractivity contribution >= 4 is 16.9 Å². The smallest absolute Gasteiger partial charge is 0.137 e. The zero-order valence-electron chi connectivity index (χ0n) is 19.6. The number of carbonyl (C=O) groups is 1. The highest BCUT2D eigenvalue weighted by atomic mass is 32.2. The van der Waals surface area contributed by atoms with E-state index in [1.165, 1.54) is 44.9 Å². The minimum Gasteiger partial charge on any atom is -0.772 e. The molecule has 0 bridgehead atoms. The molecule has 0 spiro atoms. The van der Waals surface area contributed by atoms with Gasteiger partial charge in [0.2, 0.25) is 0 Å². The van der Waals surface area contributed by atoms with Crippen molar-refractivity contribution in [2.24, 2.45) is 23.2 Å². The van der Waals surface area contributed by atoms with Crippen LogP contribution in [0.25, 0.3) is 0 Å². The van der Waals surface area contributed by atoms with Crippen molar-refractivity contribution in [3.8, 4) is 0 Å². The number of Topliss-reactive ketones (excluding diaryl/α,β-unsaturated/α-hetero) is 1. The SMILES string of the molecule is CCCCCCCCCCCC(C(C)CC(=O)C1C(C)C=CCC1(C)C)S(=O)[O-]. The van der Waals surface area contributed by atoms with Crippen molar-refractivity contribution in [3.05, 3.63) is 12.2 Å². The van der Waals surface area contributed by atoms with Gasteiger partial charge < -0.3 is 4.55 Å². The Hall–Kier alpha value is -0.480. The molecule has 1 rings (SSSR count). The van der Waals surface area contributed by atoms with Gasteiger partial charge in [0.05, 0.1) is 0 Å². The Morgan fingerprint density at radius 2 is 1.66 bits per heavy atom. The molecule has 0 radical (unpaired) electrons. The molecule has 0 aromatic rings. The highest BCUT2D eigenvalue weighted by Crippen LogP contribution is 2.42. The number of allylic oxidation sites excluding steroid dienone is 2. The zero-order valence-corrected chi connectivity index (χ0v) is 20.4. The van der Waals surface area contributed by atoms with Gasteiger partial charge in [-0.1, -0.05) is 116 Å². The number of ketones is 1. The molecule has 5 atom stereocenters. The van der Waals surface area contributed by atoms with Gasteiger partial charge in [0.25, 0.3) is 0 Å². The fourth-order valence-corrected chi connectivity index (χ4v) is 5.90. The molecule has 29 heavy (non-hydrogen) atoms. The molecule has 0 aliphatic heterocycles. The predicted octanol–water partition coefficient (Wildman–Crippen LogP) is 6.99. The second-order valence-corrected chi connectivity index (χ2v) is 11.1. The Kier molecular flexibility index (Phi) is 12.6. The third-order valence-electron chi connectivity index (χ3n) is 6.80. The lowest BCUT2D eigenvalue weighted by molar-refractivity contribution is -0.129. The Bertz CT molecular complexity index is 526. The van der Waals surface area contributed by atoms with E-state index >= 15 is 0 Å². The molecule has 0 amide bonds. The topological polar surface area (TPSA) is 57.2 Å². The Morgan fingerprint density at radius 3 is 2.17 bits per heavy atom. The minimum absolute atomic E-state index is 0.0107. The lowest BCUT2D eigenvalue weighted by Gasteiger charge is -2.39. The molecule has 0 saturated carbocycles. The quantitative estimate of drug-likeness (QED) is 0.161. The van der Waals surface area contributed by atoms with E-state index < -0.39 is 16.3 Å². The molecule has 4 heteroatoms. The van der Waals surface area contributed by atoms with Gasteiger partial charge in [0.15, 0.2) is 0 Å². The summed E-state index contributed by atoms with van der Waals surface area (Å²) in [4.78, 5) is 13.0. The summed E-state index contributed by atoms with van der Waals surface area (Å²) in [5.41, 5.74) is -0.0474. The highest BCUT2D eigenvalue weighted by Gasteiger charge is 2.40. The third kappa shape index (κ3) is 9.46. The van der Waals surface area contributed by atoms with Crippen molar-refractivity contribution in [3.63, 3.8) is 0 Å². The van der Waals surface area contributed by atoms with Crippen LogP contribution in [-0.2, 0) is 15.9 Å². The summed E-state index contributed by atoms with van der Waals surface area (Å²) in [5.74, 6) is 0.348. The van der Waals surface area contributed by atoms with Crippen molar-refractivity contribution in [1.29, 1.82) is 0 Å². The molecule has 0 saturated heterocycles. The van der Waals surface area contributed by atoms with Crippen LogP contribution < -0.4 is 0 Å². The lowest BCUT2D eigenvalue weighted by Crippen LogP contribution is -2.39. The van der Waals surface area contributed by atoms with Crippen molar-refractivity contribution in [1.82, 2.24) is 0 Å². The van der Waals surface area contributed by atoms with Crippen LogP contribution in [0.3, 0.4) is 0 Å². The molecule has 0 N–H and O–H groups in total. The van der Waals surface area contributed by atoms with Crippen LogP contribution in [0.4, 0.5) is 0 Å². The van der Waals surface area contributed by atoms with E-state index in [1.807, 2.05) is 6.92 Å². The first-order chi connectivity index (χ1) is 13.7. The van der Waals surface area contributed by atoms with Gasteiger partial charge in [-0.25, -0.2) is 0 Å². The maximum absolute atomic E-state index is 13.0. The van der Waals surface area contributed by atoms with Crippen LogP contribution in [0.5, 0.6) is 0 Å². The summed E-state index contributed by atoms with van der Waals surface area (Å²) < 4.78 is 23.7. The number of unbranched alkanes of at least 4 members (excludes halogenated alkanes) is 8. The predicted molar refractivity (Wildman–Crippen MR) is 124 cm³/mol. The maximum atomic E-state index is 13.0. The molecule has 0 aromatic heterocycles. The van der Waals surface area contributed by atoms with Crippen molar-refractivity contribution < 1.29 is 13.6 Å². The molecule has 0 aromatic carbocycles. The van der Waals surface area contributed by atoms with Gasteiger partial charge in [-0.3, -0.25) is 9.00 Å². The second-order valence-electron chi connectivity index (χ2n) is 10.0. The van der Waals surface area contributed by atoms with E-state index in [-0.39, 0.29) is 29.0 Å². The number of carbonyl (C=O) groups excluding carboxylic acids is 1. The maximum Gasteiger partial charge on any atom is 0.137 e. The molecule has 1 aliphatic carbocycles. The fraction of sp³-hybridized carbons (Fsp3) is 0.880. The minimum atomic E-state index is -2.11. The van der Waals surface area contributed by atoms with Crippen LogP contribution >= 0.6 is 0 Å². The molecule has 5 unspecified atom stereocenters.